The molecular weight excluding hydrogens is 268 g/mol. The Morgan fingerprint density at radius 2 is 2.29 bits per heavy atom. The number of aromatic nitrogens is 4. The number of amides is 1. The van der Waals surface area contributed by atoms with E-state index in [0.29, 0.717) is 11.4 Å². The summed E-state index contributed by atoms with van der Waals surface area (Å²) in [6.07, 6.45) is 5.83. The predicted octanol–water partition coefficient (Wildman–Crippen LogP) is 1.52. The lowest BCUT2D eigenvalue weighted by atomic mass is 10.2. The maximum Gasteiger partial charge on any atom is 0.255 e. The summed E-state index contributed by atoms with van der Waals surface area (Å²) in [5, 5.41) is 14.0. The van der Waals surface area contributed by atoms with Gasteiger partial charge in [-0.2, -0.15) is 0 Å². The van der Waals surface area contributed by atoms with Crippen LogP contribution < -0.4 is 10.6 Å². The molecule has 2 heterocycles. The van der Waals surface area contributed by atoms with Crippen molar-refractivity contribution >= 4 is 11.6 Å². The molecule has 0 aliphatic heterocycles. The van der Waals surface area contributed by atoms with E-state index in [0.717, 1.165) is 18.7 Å². The van der Waals surface area contributed by atoms with Gasteiger partial charge in [-0.1, -0.05) is 6.92 Å². The number of carbonyl (C=O) groups excluding carboxylic acids is 1. The minimum atomic E-state index is -0.232. The number of nitrogens with zero attached hydrogens (tertiary/aromatic N) is 4. The van der Waals surface area contributed by atoms with Crippen molar-refractivity contribution in [1.82, 2.24) is 25.1 Å². The van der Waals surface area contributed by atoms with Crippen molar-refractivity contribution in [3.63, 3.8) is 0 Å². The van der Waals surface area contributed by atoms with E-state index in [1.54, 1.807) is 29.4 Å². The number of nitrogens with one attached hydrogen (secondary N) is 2. The molecule has 7 heteroatoms. The molecule has 2 aromatic heterocycles. The largest absolute Gasteiger partial charge is 0.384 e. The predicted molar refractivity (Wildman–Crippen MR) is 79.9 cm³/mol. The van der Waals surface area contributed by atoms with Gasteiger partial charge >= 0.3 is 0 Å². The number of anilines is 1. The molecule has 2 rings (SSSR count). The smallest absolute Gasteiger partial charge is 0.255 e. The molecule has 0 radical (unpaired) electrons. The van der Waals surface area contributed by atoms with Crippen LogP contribution in [0.1, 0.15) is 42.5 Å². The second kappa shape index (κ2) is 6.83. The summed E-state index contributed by atoms with van der Waals surface area (Å²) in [5.41, 5.74) is 1.31. The van der Waals surface area contributed by atoms with Crippen LogP contribution in [0, 0.1) is 0 Å². The van der Waals surface area contributed by atoms with Crippen molar-refractivity contribution < 1.29 is 4.79 Å². The van der Waals surface area contributed by atoms with Crippen molar-refractivity contribution in [1.29, 1.82) is 0 Å². The molecule has 0 aliphatic carbocycles. The Balaban J connectivity index is 2.11. The molecule has 0 aromatic carbocycles. The van der Waals surface area contributed by atoms with Crippen molar-refractivity contribution in [2.45, 2.75) is 26.3 Å². The Hall–Kier alpha value is -2.44. The van der Waals surface area contributed by atoms with Gasteiger partial charge in [-0.3, -0.25) is 9.78 Å². The normalized spacial score (nSPS) is 12.0. The third-order valence-electron chi connectivity index (χ3n) is 3.11. The quantitative estimate of drug-likeness (QED) is 0.842. The van der Waals surface area contributed by atoms with Crippen LogP contribution in [-0.2, 0) is 7.05 Å². The molecule has 0 bridgehead atoms. The number of aryl methyl sites for hydroxylation is 1. The van der Waals surface area contributed by atoms with Crippen LogP contribution in [0.2, 0.25) is 0 Å². The molecule has 2 N–H and O–H groups in total. The van der Waals surface area contributed by atoms with E-state index in [1.807, 2.05) is 14.0 Å². The maximum absolute atomic E-state index is 12.4. The minimum absolute atomic E-state index is 0.183. The zero-order valence-corrected chi connectivity index (χ0v) is 12.5. The van der Waals surface area contributed by atoms with Gasteiger partial charge in [0.15, 0.2) is 5.82 Å². The Bertz CT molecular complexity index is 609. The summed E-state index contributed by atoms with van der Waals surface area (Å²) in [6, 6.07) is 1.57. The van der Waals surface area contributed by atoms with E-state index in [9.17, 15) is 4.79 Å². The first-order valence-corrected chi connectivity index (χ1v) is 6.96. The molecule has 0 saturated heterocycles. The van der Waals surface area contributed by atoms with E-state index in [4.69, 9.17) is 0 Å². The number of hydrogen-bond donors (Lipinski definition) is 2. The van der Waals surface area contributed by atoms with Crippen LogP contribution in [0.15, 0.2) is 24.8 Å². The van der Waals surface area contributed by atoms with Crippen LogP contribution in [-0.4, -0.2) is 32.2 Å². The highest BCUT2D eigenvalue weighted by molar-refractivity contribution is 5.99. The van der Waals surface area contributed by atoms with Gasteiger partial charge in [0.1, 0.15) is 6.33 Å². The summed E-state index contributed by atoms with van der Waals surface area (Å²) < 4.78 is 1.78. The molecule has 0 aliphatic rings. The highest BCUT2D eigenvalue weighted by Crippen LogP contribution is 2.15. The number of hydrogen-bond acceptors (Lipinski definition) is 5. The van der Waals surface area contributed by atoms with E-state index >= 15 is 0 Å². The monoisotopic (exact) mass is 288 g/mol. The molecule has 2 aromatic rings. The fraction of sp³-hybridized carbons (Fsp3) is 0.429. The highest BCUT2D eigenvalue weighted by Gasteiger charge is 2.17. The topological polar surface area (TPSA) is 84.7 Å². The van der Waals surface area contributed by atoms with Crippen LogP contribution in [0.25, 0.3) is 0 Å². The van der Waals surface area contributed by atoms with Crippen LogP contribution >= 0.6 is 0 Å². The Kier molecular flexibility index (Phi) is 4.86. The van der Waals surface area contributed by atoms with Gasteiger partial charge < -0.3 is 15.2 Å². The number of rotatable bonds is 6. The van der Waals surface area contributed by atoms with Crippen LogP contribution in [0.5, 0.6) is 0 Å². The molecule has 0 saturated carbocycles. The average Bonchev–Trinajstić information content (AvgIpc) is 2.91. The number of pyridine rings is 1. The summed E-state index contributed by atoms with van der Waals surface area (Å²) in [7, 11) is 1.84. The van der Waals surface area contributed by atoms with Gasteiger partial charge in [0.2, 0.25) is 0 Å². The van der Waals surface area contributed by atoms with E-state index < -0.39 is 0 Å². The first kappa shape index (κ1) is 15.0. The average molecular weight is 288 g/mol. The molecule has 1 atom stereocenters. The van der Waals surface area contributed by atoms with Crippen LogP contribution in [0.3, 0.4) is 0 Å². The highest BCUT2D eigenvalue weighted by atomic mass is 16.1. The Morgan fingerprint density at radius 3 is 2.95 bits per heavy atom. The zero-order valence-electron chi connectivity index (χ0n) is 12.5. The van der Waals surface area contributed by atoms with Gasteiger partial charge in [-0.25, -0.2) is 0 Å². The standard InChI is InChI=1S/C14H20N6O/c1-4-6-16-12-5-7-15-8-11(12)14(21)18-10(2)13-19-17-9-20(13)3/h5,7-10H,4,6H2,1-3H3,(H,15,16)(H,18,21). The van der Waals surface area contributed by atoms with E-state index in [1.165, 1.54) is 0 Å². The van der Waals surface area contributed by atoms with Gasteiger partial charge in [0, 0.05) is 26.0 Å². The van der Waals surface area contributed by atoms with Crippen molar-refractivity contribution in [2.24, 2.45) is 7.05 Å². The maximum atomic E-state index is 12.4. The Labute approximate surface area is 123 Å². The van der Waals surface area contributed by atoms with Gasteiger partial charge in [0.05, 0.1) is 17.3 Å². The Morgan fingerprint density at radius 1 is 1.48 bits per heavy atom. The SMILES string of the molecule is CCCNc1ccncc1C(=O)NC(C)c1nncn1C. The first-order valence-electron chi connectivity index (χ1n) is 6.96. The molecular formula is C14H20N6O. The minimum Gasteiger partial charge on any atom is -0.384 e. The van der Waals surface area contributed by atoms with E-state index in [-0.39, 0.29) is 11.9 Å². The molecule has 0 spiro atoms. The van der Waals surface area contributed by atoms with Gasteiger partial charge in [-0.15, -0.1) is 10.2 Å². The second-order valence-electron chi connectivity index (χ2n) is 4.84. The lowest BCUT2D eigenvalue weighted by molar-refractivity contribution is 0.0938. The van der Waals surface area contributed by atoms with Crippen molar-refractivity contribution in [3.05, 3.63) is 36.2 Å². The van der Waals surface area contributed by atoms with E-state index in [2.05, 4.69) is 32.7 Å². The summed E-state index contributed by atoms with van der Waals surface area (Å²) >= 11 is 0. The summed E-state index contributed by atoms with van der Waals surface area (Å²) in [6.45, 7) is 4.75. The molecule has 1 unspecified atom stereocenters. The fourth-order valence-electron chi connectivity index (χ4n) is 2.01. The lowest BCUT2D eigenvalue weighted by Gasteiger charge is -2.15. The lowest BCUT2D eigenvalue weighted by Crippen LogP contribution is -2.29. The molecule has 1 amide bonds. The van der Waals surface area contributed by atoms with Crippen molar-refractivity contribution in [2.75, 3.05) is 11.9 Å². The van der Waals surface area contributed by atoms with Gasteiger partial charge in [-0.05, 0) is 19.4 Å². The fourth-order valence-corrected chi connectivity index (χ4v) is 2.01. The summed E-state index contributed by atoms with van der Waals surface area (Å²) in [4.78, 5) is 16.4. The summed E-state index contributed by atoms with van der Waals surface area (Å²) in [5.74, 6) is 0.521. The first-order chi connectivity index (χ1) is 10.1. The molecule has 0 fully saturated rings. The van der Waals surface area contributed by atoms with Crippen LogP contribution in [0.4, 0.5) is 5.69 Å². The van der Waals surface area contributed by atoms with Gasteiger partial charge in [0.25, 0.3) is 5.91 Å². The number of carbonyl (C=O) groups is 1. The molecule has 21 heavy (non-hydrogen) atoms. The molecule has 112 valence electrons. The molecule has 7 nitrogen and oxygen atoms in total. The third-order valence-corrected chi connectivity index (χ3v) is 3.11. The second-order valence-corrected chi connectivity index (χ2v) is 4.84. The third kappa shape index (κ3) is 3.56. The van der Waals surface area contributed by atoms with Crippen molar-refractivity contribution in [3.8, 4) is 0 Å². The zero-order chi connectivity index (χ0) is 15.2.